The SMILES string of the molecule is Cc1c([N+](=O)[O-])cnn1CC(=O)N1CCN(Cc2ccco2)CC1. The molecule has 2 aromatic heterocycles. The van der Waals surface area contributed by atoms with E-state index in [2.05, 4.69) is 10.00 Å². The number of hydrogen-bond donors (Lipinski definition) is 0. The van der Waals surface area contributed by atoms with Gasteiger partial charge in [0, 0.05) is 26.2 Å². The van der Waals surface area contributed by atoms with Crippen LogP contribution in [0.2, 0.25) is 0 Å². The molecule has 0 radical (unpaired) electrons. The van der Waals surface area contributed by atoms with Crippen molar-refractivity contribution in [1.82, 2.24) is 19.6 Å². The van der Waals surface area contributed by atoms with Crippen LogP contribution in [0.15, 0.2) is 29.0 Å². The molecule has 0 saturated carbocycles. The van der Waals surface area contributed by atoms with E-state index in [1.165, 1.54) is 10.9 Å². The van der Waals surface area contributed by atoms with Crippen LogP contribution in [-0.2, 0) is 17.9 Å². The Morgan fingerprint density at radius 3 is 2.71 bits per heavy atom. The van der Waals surface area contributed by atoms with Gasteiger partial charge in [-0.3, -0.25) is 24.5 Å². The van der Waals surface area contributed by atoms with Gasteiger partial charge in [0.1, 0.15) is 24.2 Å². The molecule has 0 bridgehead atoms. The second-order valence-electron chi connectivity index (χ2n) is 5.77. The van der Waals surface area contributed by atoms with Gasteiger partial charge in [-0.1, -0.05) is 0 Å². The first-order chi connectivity index (χ1) is 11.5. The predicted octanol–water partition coefficient (Wildman–Crippen LogP) is 1.04. The number of nitro groups is 1. The second kappa shape index (κ2) is 6.83. The zero-order valence-electron chi connectivity index (χ0n) is 13.4. The van der Waals surface area contributed by atoms with Crippen LogP contribution in [0.3, 0.4) is 0 Å². The first-order valence-corrected chi connectivity index (χ1v) is 7.74. The molecule has 1 amide bonds. The second-order valence-corrected chi connectivity index (χ2v) is 5.77. The summed E-state index contributed by atoms with van der Waals surface area (Å²) in [5.74, 6) is 0.836. The average Bonchev–Trinajstić information content (AvgIpc) is 3.19. The lowest BCUT2D eigenvalue weighted by atomic mass is 10.3. The topological polar surface area (TPSA) is 97.6 Å². The zero-order valence-corrected chi connectivity index (χ0v) is 13.4. The molecule has 0 aromatic carbocycles. The highest BCUT2D eigenvalue weighted by atomic mass is 16.6. The van der Waals surface area contributed by atoms with E-state index in [0.717, 1.165) is 25.4 Å². The van der Waals surface area contributed by atoms with Gasteiger partial charge in [0.25, 0.3) is 0 Å². The number of nitrogens with zero attached hydrogens (tertiary/aromatic N) is 5. The van der Waals surface area contributed by atoms with Crippen LogP contribution < -0.4 is 0 Å². The van der Waals surface area contributed by atoms with Crippen LogP contribution >= 0.6 is 0 Å². The van der Waals surface area contributed by atoms with E-state index < -0.39 is 4.92 Å². The fourth-order valence-corrected chi connectivity index (χ4v) is 2.78. The monoisotopic (exact) mass is 333 g/mol. The maximum Gasteiger partial charge on any atom is 0.309 e. The molecule has 0 N–H and O–H groups in total. The fourth-order valence-electron chi connectivity index (χ4n) is 2.78. The van der Waals surface area contributed by atoms with Gasteiger partial charge >= 0.3 is 5.69 Å². The summed E-state index contributed by atoms with van der Waals surface area (Å²) < 4.78 is 6.72. The summed E-state index contributed by atoms with van der Waals surface area (Å²) in [4.78, 5) is 26.7. The Kier molecular flexibility index (Phi) is 4.61. The van der Waals surface area contributed by atoms with Crippen LogP contribution in [-0.4, -0.2) is 56.6 Å². The van der Waals surface area contributed by atoms with E-state index in [9.17, 15) is 14.9 Å². The normalized spacial score (nSPS) is 15.6. The van der Waals surface area contributed by atoms with Gasteiger partial charge in [-0.05, 0) is 19.1 Å². The third-order valence-corrected chi connectivity index (χ3v) is 4.24. The quantitative estimate of drug-likeness (QED) is 0.599. The Labute approximate surface area is 138 Å². The van der Waals surface area contributed by atoms with E-state index >= 15 is 0 Å². The summed E-state index contributed by atoms with van der Waals surface area (Å²) in [5, 5.41) is 14.8. The molecule has 3 heterocycles. The highest BCUT2D eigenvalue weighted by Crippen LogP contribution is 2.16. The fraction of sp³-hybridized carbons (Fsp3) is 0.467. The molecule has 1 aliphatic heterocycles. The smallest absolute Gasteiger partial charge is 0.309 e. The third kappa shape index (κ3) is 3.46. The summed E-state index contributed by atoms with van der Waals surface area (Å²) in [7, 11) is 0. The van der Waals surface area contributed by atoms with Gasteiger partial charge in [-0.25, -0.2) is 0 Å². The zero-order chi connectivity index (χ0) is 17.1. The molecule has 1 saturated heterocycles. The van der Waals surface area contributed by atoms with Gasteiger partial charge in [0.05, 0.1) is 17.7 Å². The largest absolute Gasteiger partial charge is 0.468 e. The van der Waals surface area contributed by atoms with Crippen molar-refractivity contribution in [2.75, 3.05) is 26.2 Å². The first kappa shape index (κ1) is 16.2. The van der Waals surface area contributed by atoms with Crippen LogP contribution in [0.4, 0.5) is 5.69 Å². The number of rotatable bonds is 5. The minimum absolute atomic E-state index is 0.0257. The molecule has 1 aliphatic rings. The Balaban J connectivity index is 1.53. The van der Waals surface area contributed by atoms with Crippen molar-refractivity contribution in [3.8, 4) is 0 Å². The Bertz CT molecular complexity index is 716. The van der Waals surface area contributed by atoms with Crippen molar-refractivity contribution in [2.24, 2.45) is 0 Å². The summed E-state index contributed by atoms with van der Waals surface area (Å²) in [6, 6.07) is 3.80. The van der Waals surface area contributed by atoms with E-state index in [-0.39, 0.29) is 18.1 Å². The predicted molar refractivity (Wildman–Crippen MR) is 84.2 cm³/mol. The van der Waals surface area contributed by atoms with Gasteiger partial charge < -0.3 is 9.32 Å². The Morgan fingerprint density at radius 2 is 2.12 bits per heavy atom. The molecule has 128 valence electrons. The maximum atomic E-state index is 12.4. The number of carbonyl (C=O) groups excluding carboxylic acids is 1. The van der Waals surface area contributed by atoms with Gasteiger partial charge in [0.15, 0.2) is 0 Å². The van der Waals surface area contributed by atoms with Crippen LogP contribution in [0.5, 0.6) is 0 Å². The van der Waals surface area contributed by atoms with Crippen LogP contribution in [0.25, 0.3) is 0 Å². The average molecular weight is 333 g/mol. The molecular formula is C15H19N5O4. The van der Waals surface area contributed by atoms with E-state index in [1.54, 1.807) is 18.1 Å². The summed E-state index contributed by atoms with van der Waals surface area (Å²) in [6.07, 6.45) is 2.84. The van der Waals surface area contributed by atoms with Crippen LogP contribution in [0.1, 0.15) is 11.5 Å². The molecule has 0 atom stereocenters. The highest BCUT2D eigenvalue weighted by Gasteiger charge is 2.24. The number of aromatic nitrogens is 2. The first-order valence-electron chi connectivity index (χ1n) is 7.74. The van der Waals surface area contributed by atoms with Crippen molar-refractivity contribution >= 4 is 11.6 Å². The van der Waals surface area contributed by atoms with Crippen molar-refractivity contribution in [3.63, 3.8) is 0 Å². The molecule has 3 rings (SSSR count). The molecule has 9 nitrogen and oxygen atoms in total. The van der Waals surface area contributed by atoms with Crippen molar-refractivity contribution < 1.29 is 14.1 Å². The Hall–Kier alpha value is -2.68. The summed E-state index contributed by atoms with van der Waals surface area (Å²) in [6.45, 7) is 5.15. The minimum atomic E-state index is -0.489. The van der Waals surface area contributed by atoms with Gasteiger partial charge in [-0.15, -0.1) is 0 Å². The van der Waals surface area contributed by atoms with Gasteiger partial charge in [0.2, 0.25) is 5.91 Å². The lowest BCUT2D eigenvalue weighted by Gasteiger charge is -2.34. The van der Waals surface area contributed by atoms with Crippen LogP contribution in [0, 0.1) is 17.0 Å². The van der Waals surface area contributed by atoms with E-state index in [1.807, 2.05) is 12.1 Å². The maximum absolute atomic E-state index is 12.4. The molecule has 0 aliphatic carbocycles. The molecular weight excluding hydrogens is 314 g/mol. The Morgan fingerprint density at radius 1 is 1.38 bits per heavy atom. The molecule has 0 unspecified atom stereocenters. The minimum Gasteiger partial charge on any atom is -0.468 e. The molecule has 9 heteroatoms. The van der Waals surface area contributed by atoms with E-state index in [4.69, 9.17) is 4.42 Å². The standard InChI is InChI=1S/C15H19N5O4/c1-12-14(20(22)23)9-16-19(12)11-15(21)18-6-4-17(5-7-18)10-13-3-2-8-24-13/h2-3,8-9H,4-7,10-11H2,1H3. The van der Waals surface area contributed by atoms with Crippen molar-refractivity contribution in [1.29, 1.82) is 0 Å². The molecule has 2 aromatic rings. The number of carbonyl (C=O) groups is 1. The number of amides is 1. The summed E-state index contributed by atoms with van der Waals surface area (Å²) in [5.41, 5.74) is 0.330. The lowest BCUT2D eigenvalue weighted by molar-refractivity contribution is -0.385. The summed E-state index contributed by atoms with van der Waals surface area (Å²) >= 11 is 0. The highest BCUT2D eigenvalue weighted by molar-refractivity contribution is 5.76. The van der Waals surface area contributed by atoms with Gasteiger partial charge in [-0.2, -0.15) is 5.10 Å². The number of furan rings is 1. The third-order valence-electron chi connectivity index (χ3n) is 4.24. The molecule has 24 heavy (non-hydrogen) atoms. The van der Waals surface area contributed by atoms with Crippen molar-refractivity contribution in [2.45, 2.75) is 20.0 Å². The lowest BCUT2D eigenvalue weighted by Crippen LogP contribution is -2.49. The number of piperazine rings is 1. The van der Waals surface area contributed by atoms with Crippen molar-refractivity contribution in [3.05, 3.63) is 46.2 Å². The molecule has 1 fully saturated rings. The number of hydrogen-bond acceptors (Lipinski definition) is 6. The van der Waals surface area contributed by atoms with E-state index in [0.29, 0.717) is 18.8 Å². The molecule has 0 spiro atoms.